The molecule has 1 atom stereocenters. The number of hydrogen-bond donors (Lipinski definition) is 1. The van der Waals surface area contributed by atoms with Crippen molar-refractivity contribution in [1.29, 1.82) is 0 Å². The molecular formula is C10H10F4N2O2S. The Bertz CT molecular complexity index is 461. The van der Waals surface area contributed by atoms with Gasteiger partial charge in [0.05, 0.1) is 11.5 Å². The number of nitrogens with two attached hydrogens (primary N) is 1. The van der Waals surface area contributed by atoms with Crippen molar-refractivity contribution in [3.63, 3.8) is 0 Å². The number of aromatic nitrogens is 1. The Kier molecular flexibility index (Phi) is 5.55. The Hall–Kier alpha value is -1.35. The lowest BCUT2D eigenvalue weighted by molar-refractivity contribution is -0.144. The van der Waals surface area contributed by atoms with Crippen LogP contribution in [0.4, 0.5) is 17.6 Å². The maximum atomic E-state index is 13.2. The van der Waals surface area contributed by atoms with Crippen molar-refractivity contribution in [2.24, 2.45) is 5.73 Å². The van der Waals surface area contributed by atoms with E-state index >= 15 is 0 Å². The van der Waals surface area contributed by atoms with Crippen LogP contribution in [0, 0.1) is 23.5 Å². The second-order valence-electron chi connectivity index (χ2n) is 3.32. The van der Waals surface area contributed by atoms with Crippen LogP contribution in [-0.2, 0) is 9.53 Å². The fraction of sp³-hybridized carbons (Fsp3) is 0.400. The molecule has 1 unspecified atom stereocenters. The number of pyridine rings is 1. The minimum absolute atomic E-state index is 0.0957. The third-order valence-electron chi connectivity index (χ3n) is 1.95. The molecule has 0 aromatic carbocycles. The van der Waals surface area contributed by atoms with Gasteiger partial charge in [0.25, 0.3) is 11.9 Å². The molecule has 0 aliphatic rings. The lowest BCUT2D eigenvalue weighted by atomic mass is 10.4. The lowest BCUT2D eigenvalue weighted by Gasteiger charge is -2.11. The van der Waals surface area contributed by atoms with E-state index in [0.717, 1.165) is 0 Å². The fourth-order valence-electron chi connectivity index (χ4n) is 1.09. The molecule has 19 heavy (non-hydrogen) atoms. The van der Waals surface area contributed by atoms with E-state index in [1.807, 2.05) is 0 Å². The topological polar surface area (TPSA) is 65.2 Å². The lowest BCUT2D eigenvalue weighted by Crippen LogP contribution is -2.34. The number of halogens is 4. The van der Waals surface area contributed by atoms with E-state index in [-0.39, 0.29) is 12.4 Å². The minimum Gasteiger partial charge on any atom is -0.465 e. The molecule has 1 aromatic rings. The first-order valence-corrected chi connectivity index (χ1v) is 6.12. The summed E-state index contributed by atoms with van der Waals surface area (Å²) in [7, 11) is 0. The Morgan fingerprint density at radius 2 is 1.84 bits per heavy atom. The van der Waals surface area contributed by atoms with E-state index in [0.29, 0.717) is 11.8 Å². The molecule has 106 valence electrons. The van der Waals surface area contributed by atoms with E-state index in [4.69, 9.17) is 5.73 Å². The van der Waals surface area contributed by atoms with Crippen LogP contribution < -0.4 is 5.73 Å². The van der Waals surface area contributed by atoms with Gasteiger partial charge < -0.3 is 10.5 Å². The predicted octanol–water partition coefficient (Wildman–Crippen LogP) is 1.62. The molecule has 0 spiro atoms. The third-order valence-corrected chi connectivity index (χ3v) is 3.13. The van der Waals surface area contributed by atoms with Crippen LogP contribution in [0.25, 0.3) is 0 Å². The zero-order valence-corrected chi connectivity index (χ0v) is 10.6. The normalized spacial score (nSPS) is 12.3. The summed E-state index contributed by atoms with van der Waals surface area (Å²) in [6.45, 7) is 1.66. The molecule has 9 heteroatoms. The molecule has 0 radical (unpaired) electrons. The van der Waals surface area contributed by atoms with Crippen LogP contribution in [0.1, 0.15) is 6.92 Å². The van der Waals surface area contributed by atoms with E-state index in [1.54, 1.807) is 6.92 Å². The first kappa shape index (κ1) is 15.7. The van der Waals surface area contributed by atoms with Crippen molar-refractivity contribution in [3.05, 3.63) is 23.5 Å². The molecule has 0 bridgehead atoms. The molecule has 4 nitrogen and oxygen atoms in total. The van der Waals surface area contributed by atoms with E-state index in [9.17, 15) is 22.4 Å². The zero-order chi connectivity index (χ0) is 14.6. The van der Waals surface area contributed by atoms with Gasteiger partial charge in [-0.2, -0.15) is 13.8 Å². The van der Waals surface area contributed by atoms with Crippen molar-refractivity contribution >= 4 is 17.7 Å². The highest BCUT2D eigenvalue weighted by Crippen LogP contribution is 2.27. The third kappa shape index (κ3) is 3.80. The molecular weight excluding hydrogens is 288 g/mol. The zero-order valence-electron chi connectivity index (χ0n) is 9.75. The van der Waals surface area contributed by atoms with Gasteiger partial charge in [-0.1, -0.05) is 0 Å². The molecule has 0 aliphatic heterocycles. The molecule has 0 aliphatic carbocycles. The van der Waals surface area contributed by atoms with Crippen molar-refractivity contribution < 1.29 is 27.1 Å². The van der Waals surface area contributed by atoms with Gasteiger partial charge in [-0.25, -0.2) is 8.78 Å². The second kappa shape index (κ2) is 6.71. The maximum absolute atomic E-state index is 13.2. The van der Waals surface area contributed by atoms with E-state index in [1.165, 1.54) is 0 Å². The van der Waals surface area contributed by atoms with E-state index < -0.39 is 40.4 Å². The van der Waals surface area contributed by atoms with Crippen LogP contribution in [0.2, 0.25) is 0 Å². The van der Waals surface area contributed by atoms with Gasteiger partial charge in [0.1, 0.15) is 6.04 Å². The summed E-state index contributed by atoms with van der Waals surface area (Å²) in [6.07, 6.45) is 0. The average molecular weight is 298 g/mol. The number of carbonyl (C=O) groups is 1. The fourth-order valence-corrected chi connectivity index (χ4v) is 1.99. The number of thioether (sulfide) groups is 1. The number of nitrogens with zero attached hydrogens (tertiary/aromatic N) is 1. The van der Waals surface area contributed by atoms with Gasteiger partial charge in [0, 0.05) is 5.75 Å². The van der Waals surface area contributed by atoms with Gasteiger partial charge in [0.2, 0.25) is 0 Å². The highest BCUT2D eigenvalue weighted by atomic mass is 32.2. The summed E-state index contributed by atoms with van der Waals surface area (Å²) >= 11 is 0.368. The minimum atomic E-state index is -1.76. The number of hydrogen-bond acceptors (Lipinski definition) is 5. The number of ether oxygens (including phenoxy) is 1. The summed E-state index contributed by atoms with van der Waals surface area (Å²) in [4.78, 5) is 12.7. The SMILES string of the molecule is CCOC(=O)C(N)CSc1c(F)c(F)nc(F)c1F. The smallest absolute Gasteiger partial charge is 0.323 e. The molecule has 0 saturated heterocycles. The van der Waals surface area contributed by atoms with Crippen molar-refractivity contribution in [2.45, 2.75) is 17.9 Å². The number of carbonyl (C=O) groups excluding carboxylic acids is 1. The number of esters is 1. The van der Waals surface area contributed by atoms with Gasteiger partial charge >= 0.3 is 5.97 Å². The maximum Gasteiger partial charge on any atom is 0.323 e. The second-order valence-corrected chi connectivity index (χ2v) is 4.35. The Labute approximate surface area is 110 Å². The van der Waals surface area contributed by atoms with Crippen LogP contribution >= 0.6 is 11.8 Å². The Morgan fingerprint density at radius 3 is 2.32 bits per heavy atom. The summed E-state index contributed by atoms with van der Waals surface area (Å²) in [6, 6.07) is -1.16. The first-order chi connectivity index (χ1) is 8.88. The predicted molar refractivity (Wildman–Crippen MR) is 59.4 cm³/mol. The van der Waals surface area contributed by atoms with Crippen molar-refractivity contribution in [3.8, 4) is 0 Å². The highest BCUT2D eigenvalue weighted by molar-refractivity contribution is 7.99. The summed E-state index contributed by atoms with van der Waals surface area (Å²) in [5.41, 5.74) is 5.38. The largest absolute Gasteiger partial charge is 0.465 e. The summed E-state index contributed by atoms with van der Waals surface area (Å²) < 4.78 is 56.6. The molecule has 0 amide bonds. The Morgan fingerprint density at radius 1 is 1.32 bits per heavy atom. The summed E-state index contributed by atoms with van der Waals surface area (Å²) in [5.74, 6) is -7.84. The molecule has 2 N–H and O–H groups in total. The van der Waals surface area contributed by atoms with Crippen LogP contribution in [0.5, 0.6) is 0 Å². The van der Waals surface area contributed by atoms with Crippen LogP contribution in [0.3, 0.4) is 0 Å². The van der Waals surface area contributed by atoms with Crippen molar-refractivity contribution in [2.75, 3.05) is 12.4 Å². The van der Waals surface area contributed by atoms with Crippen LogP contribution in [-0.4, -0.2) is 29.4 Å². The molecule has 1 rings (SSSR count). The number of rotatable bonds is 5. The van der Waals surface area contributed by atoms with Crippen LogP contribution in [0.15, 0.2) is 4.90 Å². The molecule has 1 heterocycles. The van der Waals surface area contributed by atoms with Gasteiger partial charge in [-0.15, -0.1) is 11.8 Å². The molecule has 0 saturated carbocycles. The standard InChI is InChI=1S/C10H10F4N2O2S/c1-2-18-10(17)4(15)3-19-7-5(11)8(13)16-9(14)6(7)12/h4H,2-3,15H2,1H3. The van der Waals surface area contributed by atoms with Crippen molar-refractivity contribution in [1.82, 2.24) is 4.98 Å². The quantitative estimate of drug-likeness (QED) is 0.387. The Balaban J connectivity index is 2.81. The van der Waals surface area contributed by atoms with Gasteiger partial charge in [-0.3, -0.25) is 4.79 Å². The van der Waals surface area contributed by atoms with Gasteiger partial charge in [0.15, 0.2) is 11.6 Å². The monoisotopic (exact) mass is 298 g/mol. The highest BCUT2D eigenvalue weighted by Gasteiger charge is 2.23. The van der Waals surface area contributed by atoms with Gasteiger partial charge in [-0.05, 0) is 6.92 Å². The van der Waals surface area contributed by atoms with E-state index in [2.05, 4.69) is 9.72 Å². The average Bonchev–Trinajstić information content (AvgIpc) is 2.36. The first-order valence-electron chi connectivity index (χ1n) is 5.13. The molecule has 0 fully saturated rings. The summed E-state index contributed by atoms with van der Waals surface area (Å²) in [5, 5.41) is 0. The molecule has 1 aromatic heterocycles.